The van der Waals surface area contributed by atoms with Gasteiger partial charge in [0.2, 0.25) is 0 Å². The summed E-state index contributed by atoms with van der Waals surface area (Å²) in [5.41, 5.74) is 0. The molecule has 0 spiro atoms. The lowest BCUT2D eigenvalue weighted by molar-refractivity contribution is -0.154. The molecule has 0 radical (unpaired) electrons. The van der Waals surface area contributed by atoms with Gasteiger partial charge in [0.05, 0.1) is 6.61 Å². The van der Waals surface area contributed by atoms with E-state index in [9.17, 15) is 10.2 Å². The maximum Gasteiger partial charge on any atom is 0.186 e. The molecule has 0 aromatic carbocycles. The van der Waals surface area contributed by atoms with Gasteiger partial charge < -0.3 is 24.4 Å². The van der Waals surface area contributed by atoms with Crippen molar-refractivity contribution >= 4 is 0 Å². The van der Waals surface area contributed by atoms with Gasteiger partial charge in [-0.2, -0.15) is 0 Å². The standard InChI is InChI=1S/C7H14O5/c1-10-3-4-5(8)6(9)7(11-2)12-4/h4-9H,3H2,1-2H3/t4-,5-,6+,7+/m1/s1. The maximum absolute atomic E-state index is 9.36. The van der Waals surface area contributed by atoms with Gasteiger partial charge in [0, 0.05) is 14.2 Å². The maximum atomic E-state index is 9.36. The van der Waals surface area contributed by atoms with Crippen molar-refractivity contribution in [2.45, 2.75) is 24.6 Å². The molecule has 0 aromatic heterocycles. The van der Waals surface area contributed by atoms with Crippen LogP contribution in [0.15, 0.2) is 0 Å². The number of rotatable bonds is 3. The Morgan fingerprint density at radius 2 is 1.92 bits per heavy atom. The number of hydrogen-bond donors (Lipinski definition) is 2. The van der Waals surface area contributed by atoms with Crippen LogP contribution >= 0.6 is 0 Å². The fraction of sp³-hybridized carbons (Fsp3) is 1.00. The van der Waals surface area contributed by atoms with Crippen molar-refractivity contribution in [1.82, 2.24) is 0 Å². The molecule has 1 aliphatic rings. The van der Waals surface area contributed by atoms with Crippen LogP contribution in [0.5, 0.6) is 0 Å². The van der Waals surface area contributed by atoms with Gasteiger partial charge in [-0.05, 0) is 0 Å². The summed E-state index contributed by atoms with van der Waals surface area (Å²) in [6, 6.07) is 0. The van der Waals surface area contributed by atoms with Gasteiger partial charge in [-0.15, -0.1) is 0 Å². The molecule has 1 fully saturated rings. The van der Waals surface area contributed by atoms with Crippen LogP contribution in [0.4, 0.5) is 0 Å². The van der Waals surface area contributed by atoms with E-state index in [0.29, 0.717) is 0 Å². The van der Waals surface area contributed by atoms with Crippen molar-refractivity contribution in [3.63, 3.8) is 0 Å². The molecule has 1 heterocycles. The van der Waals surface area contributed by atoms with Gasteiger partial charge in [-0.1, -0.05) is 0 Å². The number of aliphatic hydroxyl groups excluding tert-OH is 2. The van der Waals surface area contributed by atoms with Crippen LogP contribution in [-0.2, 0) is 14.2 Å². The van der Waals surface area contributed by atoms with Gasteiger partial charge in [-0.25, -0.2) is 0 Å². The highest BCUT2D eigenvalue weighted by Gasteiger charge is 2.42. The second kappa shape index (κ2) is 4.15. The molecule has 1 rings (SSSR count). The van der Waals surface area contributed by atoms with Crippen LogP contribution in [0.2, 0.25) is 0 Å². The summed E-state index contributed by atoms with van der Waals surface area (Å²) < 4.78 is 14.7. The molecule has 0 unspecified atom stereocenters. The first kappa shape index (κ1) is 9.88. The Labute approximate surface area is 70.9 Å². The average molecular weight is 178 g/mol. The molecular formula is C7H14O5. The molecule has 4 atom stereocenters. The third kappa shape index (κ3) is 1.75. The molecule has 2 N–H and O–H groups in total. The minimum atomic E-state index is -0.991. The van der Waals surface area contributed by atoms with E-state index >= 15 is 0 Å². The van der Waals surface area contributed by atoms with E-state index in [-0.39, 0.29) is 6.61 Å². The molecule has 1 saturated heterocycles. The summed E-state index contributed by atoms with van der Waals surface area (Å²) in [4.78, 5) is 0. The zero-order valence-electron chi connectivity index (χ0n) is 7.14. The van der Waals surface area contributed by atoms with Gasteiger partial charge in [0.15, 0.2) is 6.29 Å². The van der Waals surface area contributed by atoms with Crippen molar-refractivity contribution < 1.29 is 24.4 Å². The molecule has 1 aliphatic heterocycles. The first-order chi connectivity index (χ1) is 5.70. The zero-order chi connectivity index (χ0) is 9.14. The van der Waals surface area contributed by atoms with E-state index in [1.165, 1.54) is 14.2 Å². The topological polar surface area (TPSA) is 68.2 Å². The second-order valence-electron chi connectivity index (χ2n) is 2.72. The first-order valence-electron chi connectivity index (χ1n) is 3.74. The third-order valence-corrected chi connectivity index (χ3v) is 1.88. The Morgan fingerprint density at radius 3 is 2.33 bits per heavy atom. The second-order valence-corrected chi connectivity index (χ2v) is 2.72. The number of methoxy groups -OCH3 is 2. The van der Waals surface area contributed by atoms with Gasteiger partial charge in [-0.3, -0.25) is 0 Å². The largest absolute Gasteiger partial charge is 0.387 e. The zero-order valence-corrected chi connectivity index (χ0v) is 7.14. The molecule has 72 valence electrons. The van der Waals surface area contributed by atoms with E-state index in [0.717, 1.165) is 0 Å². The molecular weight excluding hydrogens is 164 g/mol. The third-order valence-electron chi connectivity index (χ3n) is 1.88. The quantitative estimate of drug-likeness (QED) is 0.563. The van der Waals surface area contributed by atoms with Crippen LogP contribution < -0.4 is 0 Å². The lowest BCUT2D eigenvalue weighted by Crippen LogP contribution is -2.34. The summed E-state index contributed by atoms with van der Waals surface area (Å²) in [6.07, 6.45) is -3.18. The minimum absolute atomic E-state index is 0.248. The first-order valence-corrected chi connectivity index (χ1v) is 3.74. The van der Waals surface area contributed by atoms with Crippen LogP contribution in [-0.4, -0.2) is 55.6 Å². The lowest BCUT2D eigenvalue weighted by Gasteiger charge is -2.11. The summed E-state index contributed by atoms with van der Waals surface area (Å²) in [5, 5.41) is 18.7. The number of hydrogen-bond acceptors (Lipinski definition) is 5. The Morgan fingerprint density at radius 1 is 1.25 bits per heavy atom. The molecule has 0 saturated carbocycles. The molecule has 5 nitrogen and oxygen atoms in total. The predicted molar refractivity (Wildman–Crippen MR) is 39.6 cm³/mol. The van der Waals surface area contributed by atoms with Crippen molar-refractivity contribution in [2.24, 2.45) is 0 Å². The van der Waals surface area contributed by atoms with Crippen molar-refractivity contribution in [1.29, 1.82) is 0 Å². The van der Waals surface area contributed by atoms with Crippen molar-refractivity contribution in [3.05, 3.63) is 0 Å². The Bertz CT molecular complexity index is 140. The van der Waals surface area contributed by atoms with Crippen LogP contribution in [0.25, 0.3) is 0 Å². The summed E-state index contributed by atoms with van der Waals surface area (Å²) >= 11 is 0. The highest BCUT2D eigenvalue weighted by molar-refractivity contribution is 4.86. The molecule has 0 aliphatic carbocycles. The summed E-state index contributed by atoms with van der Waals surface area (Å²) in [7, 11) is 2.92. The molecule has 12 heavy (non-hydrogen) atoms. The smallest absolute Gasteiger partial charge is 0.186 e. The monoisotopic (exact) mass is 178 g/mol. The molecule has 0 aromatic rings. The van der Waals surface area contributed by atoms with Gasteiger partial charge in [0.25, 0.3) is 0 Å². The fourth-order valence-corrected chi connectivity index (χ4v) is 1.21. The highest BCUT2D eigenvalue weighted by Crippen LogP contribution is 2.21. The van der Waals surface area contributed by atoms with Crippen LogP contribution in [0, 0.1) is 0 Å². The van der Waals surface area contributed by atoms with E-state index in [1.807, 2.05) is 0 Å². The normalized spacial score (nSPS) is 42.0. The number of aliphatic hydroxyl groups is 2. The molecule has 0 bridgehead atoms. The lowest BCUT2D eigenvalue weighted by atomic mass is 10.1. The number of ether oxygens (including phenoxy) is 3. The van der Waals surface area contributed by atoms with Crippen molar-refractivity contribution in [2.75, 3.05) is 20.8 Å². The Kier molecular flexibility index (Phi) is 3.42. The Balaban J connectivity index is 2.48. The SMILES string of the molecule is COC[C@H]1O[C@H](OC)[C@@H](O)[C@@H]1O. The van der Waals surface area contributed by atoms with Crippen LogP contribution in [0.1, 0.15) is 0 Å². The summed E-state index contributed by atoms with van der Waals surface area (Å²) in [5.74, 6) is 0. The van der Waals surface area contributed by atoms with Crippen molar-refractivity contribution in [3.8, 4) is 0 Å². The fourth-order valence-electron chi connectivity index (χ4n) is 1.21. The average Bonchev–Trinajstić information content (AvgIpc) is 2.33. The van der Waals surface area contributed by atoms with E-state index in [1.54, 1.807) is 0 Å². The van der Waals surface area contributed by atoms with Gasteiger partial charge in [0.1, 0.15) is 18.3 Å². The molecule has 5 heteroatoms. The van der Waals surface area contributed by atoms with E-state index in [4.69, 9.17) is 14.2 Å². The van der Waals surface area contributed by atoms with Gasteiger partial charge >= 0.3 is 0 Å². The van der Waals surface area contributed by atoms with Crippen LogP contribution in [0.3, 0.4) is 0 Å². The Hall–Kier alpha value is -0.200. The summed E-state index contributed by atoms with van der Waals surface area (Å²) in [6.45, 7) is 0.248. The molecule has 0 amide bonds. The predicted octanol–water partition coefficient (Wildman–Crippen LogP) is -1.27. The minimum Gasteiger partial charge on any atom is -0.387 e. The highest BCUT2D eigenvalue weighted by atomic mass is 16.7. The van der Waals surface area contributed by atoms with E-state index < -0.39 is 24.6 Å². The van der Waals surface area contributed by atoms with E-state index in [2.05, 4.69) is 0 Å².